The minimum Gasteiger partial charge on any atom is -0.338 e. The summed E-state index contributed by atoms with van der Waals surface area (Å²) in [5.41, 5.74) is 1.38. The summed E-state index contributed by atoms with van der Waals surface area (Å²) < 4.78 is 4.90. The van der Waals surface area contributed by atoms with Crippen LogP contribution in [-0.4, -0.2) is 10.1 Å². The van der Waals surface area contributed by atoms with Crippen LogP contribution in [-0.2, 0) is 12.8 Å². The zero-order valence-electron chi connectivity index (χ0n) is 7.86. The van der Waals surface area contributed by atoms with Gasteiger partial charge in [0.2, 0.25) is 5.89 Å². The van der Waals surface area contributed by atoms with Crippen molar-refractivity contribution in [1.29, 1.82) is 5.26 Å². The summed E-state index contributed by atoms with van der Waals surface area (Å²) in [7, 11) is 0. The van der Waals surface area contributed by atoms with Crippen LogP contribution in [0.5, 0.6) is 0 Å². The van der Waals surface area contributed by atoms with E-state index in [1.165, 1.54) is 12.0 Å². The Morgan fingerprint density at radius 1 is 1.57 bits per heavy atom. The lowest BCUT2D eigenvalue weighted by molar-refractivity contribution is 0.382. The van der Waals surface area contributed by atoms with Gasteiger partial charge >= 0.3 is 0 Å². The molecule has 0 N–H and O–H groups in total. The van der Waals surface area contributed by atoms with Crippen molar-refractivity contribution in [2.45, 2.75) is 32.1 Å². The molecule has 0 atom stereocenters. The third-order valence-electron chi connectivity index (χ3n) is 2.26. The highest BCUT2D eigenvalue weighted by Gasteiger charge is 2.10. The minimum absolute atomic E-state index is 0.200. The Morgan fingerprint density at radius 3 is 3.21 bits per heavy atom. The average Bonchev–Trinajstić information content (AvgIpc) is 2.79. The third-order valence-corrected chi connectivity index (χ3v) is 2.26. The van der Waals surface area contributed by atoms with Crippen molar-refractivity contribution in [1.82, 2.24) is 10.1 Å². The van der Waals surface area contributed by atoms with Crippen molar-refractivity contribution in [2.24, 2.45) is 0 Å². The van der Waals surface area contributed by atoms with E-state index in [2.05, 4.69) is 16.2 Å². The molecule has 1 aromatic heterocycles. The highest BCUT2D eigenvalue weighted by molar-refractivity contribution is 5.13. The molecule has 0 unspecified atom stereocenters. The Balaban J connectivity index is 1.99. The van der Waals surface area contributed by atoms with E-state index in [1.54, 1.807) is 0 Å². The number of rotatable bonds is 3. The van der Waals surface area contributed by atoms with E-state index in [4.69, 9.17) is 9.78 Å². The summed E-state index contributed by atoms with van der Waals surface area (Å²) in [4.78, 5) is 4.12. The van der Waals surface area contributed by atoms with Crippen molar-refractivity contribution in [2.75, 3.05) is 0 Å². The van der Waals surface area contributed by atoms with Gasteiger partial charge in [-0.15, -0.1) is 0 Å². The molecule has 1 aliphatic rings. The number of nitrogens with zero attached hydrogens (tertiary/aromatic N) is 3. The molecule has 0 radical (unpaired) electrons. The average molecular weight is 189 g/mol. The Labute approximate surface area is 82.2 Å². The van der Waals surface area contributed by atoms with Crippen molar-refractivity contribution in [3.05, 3.63) is 23.4 Å². The molecule has 0 amide bonds. The first-order valence-electron chi connectivity index (χ1n) is 4.75. The molecule has 4 heteroatoms. The number of hydrogen-bond acceptors (Lipinski definition) is 4. The van der Waals surface area contributed by atoms with Gasteiger partial charge in [-0.1, -0.05) is 16.8 Å². The van der Waals surface area contributed by atoms with Gasteiger partial charge in [0.15, 0.2) is 5.82 Å². The van der Waals surface area contributed by atoms with Crippen molar-refractivity contribution in [3.8, 4) is 6.07 Å². The highest BCUT2D eigenvalue weighted by atomic mass is 16.5. The summed E-state index contributed by atoms with van der Waals surface area (Å²) in [5.74, 6) is 1.12. The number of hydrogen-bond donors (Lipinski definition) is 0. The Bertz CT molecular complexity index is 386. The van der Waals surface area contributed by atoms with Gasteiger partial charge < -0.3 is 4.52 Å². The fourth-order valence-corrected chi connectivity index (χ4v) is 1.60. The third kappa shape index (κ3) is 1.99. The monoisotopic (exact) mass is 189 g/mol. The summed E-state index contributed by atoms with van der Waals surface area (Å²) in [6, 6.07) is 1.98. The van der Waals surface area contributed by atoms with E-state index >= 15 is 0 Å². The zero-order chi connectivity index (χ0) is 9.80. The standard InChI is InChI=1S/C10H11N3O/c11-6-5-10-12-9(13-14-10)7-8-3-1-2-4-8/h3H,1-2,4-5,7H2. The molecular weight excluding hydrogens is 178 g/mol. The molecule has 1 aromatic rings. The summed E-state index contributed by atoms with van der Waals surface area (Å²) in [5, 5.41) is 12.2. The molecule has 72 valence electrons. The molecule has 0 spiro atoms. The van der Waals surface area contributed by atoms with Crippen LogP contribution in [0.3, 0.4) is 0 Å². The first kappa shape index (κ1) is 8.95. The fourth-order valence-electron chi connectivity index (χ4n) is 1.60. The van der Waals surface area contributed by atoms with Crippen molar-refractivity contribution >= 4 is 0 Å². The lowest BCUT2D eigenvalue weighted by Gasteiger charge is -1.93. The van der Waals surface area contributed by atoms with Gasteiger partial charge in [0.1, 0.15) is 6.42 Å². The SMILES string of the molecule is N#CCc1nc(CC2=CCCC2)no1. The molecule has 1 aliphatic carbocycles. The maximum Gasteiger partial charge on any atom is 0.240 e. The van der Waals surface area contributed by atoms with Crippen LogP contribution in [0, 0.1) is 11.3 Å². The molecular formula is C10H11N3O. The van der Waals surface area contributed by atoms with E-state index < -0.39 is 0 Å². The summed E-state index contributed by atoms with van der Waals surface area (Å²) >= 11 is 0. The molecule has 0 fully saturated rings. The molecule has 0 saturated heterocycles. The molecule has 1 heterocycles. The van der Waals surface area contributed by atoms with E-state index in [9.17, 15) is 0 Å². The second kappa shape index (κ2) is 4.05. The molecule has 2 rings (SSSR count). The Hall–Kier alpha value is -1.63. The first-order valence-corrected chi connectivity index (χ1v) is 4.75. The summed E-state index contributed by atoms with van der Waals surface area (Å²) in [6.07, 6.45) is 6.75. The van der Waals surface area contributed by atoms with Crippen LogP contribution in [0.25, 0.3) is 0 Å². The van der Waals surface area contributed by atoms with E-state index in [1.807, 2.05) is 6.07 Å². The largest absolute Gasteiger partial charge is 0.338 e. The summed E-state index contributed by atoms with van der Waals surface area (Å²) in [6.45, 7) is 0. The quantitative estimate of drug-likeness (QED) is 0.680. The van der Waals surface area contributed by atoms with Crippen molar-refractivity contribution < 1.29 is 4.52 Å². The maximum absolute atomic E-state index is 8.42. The molecule has 14 heavy (non-hydrogen) atoms. The highest BCUT2D eigenvalue weighted by Crippen LogP contribution is 2.20. The van der Waals surface area contributed by atoms with E-state index in [0.29, 0.717) is 11.7 Å². The molecule has 0 aliphatic heterocycles. The zero-order valence-corrected chi connectivity index (χ0v) is 7.86. The second-order valence-electron chi connectivity index (χ2n) is 3.37. The lowest BCUT2D eigenvalue weighted by Crippen LogP contribution is -1.91. The molecule has 4 nitrogen and oxygen atoms in total. The van der Waals surface area contributed by atoms with Crippen LogP contribution in [0.2, 0.25) is 0 Å². The lowest BCUT2D eigenvalue weighted by atomic mass is 10.1. The fraction of sp³-hybridized carbons (Fsp3) is 0.500. The normalized spacial score (nSPS) is 15.2. The van der Waals surface area contributed by atoms with Gasteiger partial charge in [0.25, 0.3) is 0 Å². The van der Waals surface area contributed by atoms with Crippen LogP contribution < -0.4 is 0 Å². The van der Waals surface area contributed by atoms with Gasteiger partial charge in [-0.05, 0) is 19.3 Å². The number of nitriles is 1. The van der Waals surface area contributed by atoms with Crippen LogP contribution in [0.15, 0.2) is 16.2 Å². The molecule has 0 aromatic carbocycles. The molecule has 0 saturated carbocycles. The predicted molar refractivity (Wildman–Crippen MR) is 49.3 cm³/mol. The predicted octanol–water partition coefficient (Wildman–Crippen LogP) is 1.79. The van der Waals surface area contributed by atoms with Crippen LogP contribution >= 0.6 is 0 Å². The van der Waals surface area contributed by atoms with Crippen LogP contribution in [0.4, 0.5) is 0 Å². The van der Waals surface area contributed by atoms with Crippen molar-refractivity contribution in [3.63, 3.8) is 0 Å². The van der Waals surface area contributed by atoms with Gasteiger partial charge in [-0.25, -0.2) is 0 Å². The van der Waals surface area contributed by atoms with Gasteiger partial charge in [0.05, 0.1) is 6.07 Å². The molecule has 0 bridgehead atoms. The Morgan fingerprint density at radius 2 is 2.50 bits per heavy atom. The maximum atomic E-state index is 8.42. The van der Waals surface area contributed by atoms with Gasteiger partial charge in [-0.3, -0.25) is 0 Å². The van der Waals surface area contributed by atoms with E-state index in [0.717, 1.165) is 19.3 Å². The topological polar surface area (TPSA) is 62.7 Å². The number of aromatic nitrogens is 2. The first-order chi connectivity index (χ1) is 6.88. The second-order valence-corrected chi connectivity index (χ2v) is 3.37. The van der Waals surface area contributed by atoms with Crippen LogP contribution in [0.1, 0.15) is 31.0 Å². The minimum atomic E-state index is 0.200. The number of allylic oxidation sites excluding steroid dienone is 2. The smallest absolute Gasteiger partial charge is 0.240 e. The van der Waals surface area contributed by atoms with Gasteiger partial charge in [0, 0.05) is 6.42 Å². The Kier molecular flexibility index (Phi) is 2.59. The van der Waals surface area contributed by atoms with Gasteiger partial charge in [-0.2, -0.15) is 10.2 Å². The van der Waals surface area contributed by atoms with E-state index in [-0.39, 0.29) is 6.42 Å².